The molecule has 0 amide bonds. The van der Waals surface area contributed by atoms with Gasteiger partial charge in [-0.2, -0.15) is 10.2 Å². The van der Waals surface area contributed by atoms with Gasteiger partial charge in [-0.3, -0.25) is 14.7 Å². The first-order chi connectivity index (χ1) is 12.0. The van der Waals surface area contributed by atoms with E-state index in [-0.39, 0.29) is 11.2 Å². The Kier molecular flexibility index (Phi) is 4.98. The Labute approximate surface area is 154 Å². The molecule has 0 fully saturated rings. The minimum absolute atomic E-state index is 0.0138. The number of nitrogens with one attached hydrogen (secondary N) is 1. The molecule has 0 bridgehead atoms. The van der Waals surface area contributed by atoms with Gasteiger partial charge in [0, 0.05) is 37.0 Å². The van der Waals surface area contributed by atoms with Gasteiger partial charge in [0.05, 0.1) is 29.4 Å². The van der Waals surface area contributed by atoms with E-state index in [4.69, 9.17) is 0 Å². The summed E-state index contributed by atoms with van der Waals surface area (Å²) >= 11 is 0. The van der Waals surface area contributed by atoms with E-state index in [2.05, 4.69) is 47.0 Å². The molecule has 1 unspecified atom stereocenters. The first kappa shape index (κ1) is 19.1. The normalized spacial score (nSPS) is 17.3. The van der Waals surface area contributed by atoms with Crippen LogP contribution in [0.15, 0.2) is 12.1 Å². The largest absolute Gasteiger partial charge is 0.386 e. The van der Waals surface area contributed by atoms with Crippen LogP contribution in [-0.2, 0) is 34.9 Å². The van der Waals surface area contributed by atoms with Crippen molar-refractivity contribution >= 4 is 9.84 Å². The number of aliphatic hydroxyl groups is 1. The highest BCUT2D eigenvalue weighted by Gasteiger charge is 2.24. The van der Waals surface area contributed by atoms with E-state index in [1.54, 1.807) is 6.07 Å². The molecule has 26 heavy (non-hydrogen) atoms. The van der Waals surface area contributed by atoms with E-state index in [0.29, 0.717) is 18.8 Å². The van der Waals surface area contributed by atoms with Crippen LogP contribution in [0.5, 0.6) is 0 Å². The third-order valence-electron chi connectivity index (χ3n) is 4.49. The average Bonchev–Trinajstić information content (AvgIpc) is 3.11. The van der Waals surface area contributed by atoms with Crippen LogP contribution in [0.3, 0.4) is 0 Å². The van der Waals surface area contributed by atoms with E-state index in [1.165, 1.54) is 0 Å². The van der Waals surface area contributed by atoms with Crippen LogP contribution in [0, 0.1) is 0 Å². The van der Waals surface area contributed by atoms with E-state index in [0.717, 1.165) is 36.4 Å². The van der Waals surface area contributed by atoms with Crippen molar-refractivity contribution in [2.24, 2.45) is 0 Å². The van der Waals surface area contributed by atoms with E-state index >= 15 is 0 Å². The first-order valence-electron chi connectivity index (χ1n) is 8.71. The summed E-state index contributed by atoms with van der Waals surface area (Å²) in [5.41, 5.74) is 3.53. The van der Waals surface area contributed by atoms with Crippen LogP contribution >= 0.6 is 0 Å². The molecule has 2 N–H and O–H groups in total. The molecule has 0 aliphatic carbocycles. The Morgan fingerprint density at radius 3 is 2.65 bits per heavy atom. The molecular formula is C17H27N5O3S. The van der Waals surface area contributed by atoms with Crippen molar-refractivity contribution in [2.75, 3.05) is 18.6 Å². The van der Waals surface area contributed by atoms with Gasteiger partial charge in [0.25, 0.3) is 0 Å². The summed E-state index contributed by atoms with van der Waals surface area (Å²) in [6.07, 6.45) is 0.0305. The number of aliphatic hydroxyl groups excluding tert-OH is 1. The summed E-state index contributed by atoms with van der Waals surface area (Å²) in [5.74, 6) is -0.309. The highest BCUT2D eigenvalue weighted by atomic mass is 32.2. The van der Waals surface area contributed by atoms with Gasteiger partial charge in [-0.15, -0.1) is 0 Å². The summed E-state index contributed by atoms with van der Waals surface area (Å²) in [6, 6.07) is 3.91. The molecule has 2 aromatic rings. The van der Waals surface area contributed by atoms with Crippen LogP contribution in [-0.4, -0.2) is 57.0 Å². The van der Waals surface area contributed by atoms with Gasteiger partial charge in [0.15, 0.2) is 0 Å². The summed E-state index contributed by atoms with van der Waals surface area (Å²) in [5, 5.41) is 22.0. The number of sulfone groups is 1. The highest BCUT2D eigenvalue weighted by molar-refractivity contribution is 7.90. The third-order valence-corrected chi connectivity index (χ3v) is 5.41. The van der Waals surface area contributed by atoms with Gasteiger partial charge in [-0.1, -0.05) is 20.8 Å². The summed E-state index contributed by atoms with van der Waals surface area (Å²) in [4.78, 5) is 2.28. The fourth-order valence-electron chi connectivity index (χ4n) is 3.08. The van der Waals surface area contributed by atoms with Gasteiger partial charge in [0.2, 0.25) is 0 Å². The molecule has 1 aliphatic heterocycles. The fraction of sp³-hybridized carbons (Fsp3) is 0.647. The minimum atomic E-state index is -3.25. The lowest BCUT2D eigenvalue weighted by molar-refractivity contribution is 0.190. The standard InChI is InChI=1S/C17H27N5O3S/c1-17(2,3)16-7-12(18-19-16)9-21-5-6-22-13(10-21)8-14(20-22)15(23)11-26(4,24)25/h7-8,15,23H,5-6,9-11H2,1-4H3,(H,18,19). The quantitative estimate of drug-likeness (QED) is 0.801. The summed E-state index contributed by atoms with van der Waals surface area (Å²) in [6.45, 7) is 9.40. The zero-order valence-corrected chi connectivity index (χ0v) is 16.5. The van der Waals surface area contributed by atoms with Crippen molar-refractivity contribution in [3.05, 3.63) is 34.9 Å². The third kappa shape index (κ3) is 4.52. The van der Waals surface area contributed by atoms with Gasteiger partial charge < -0.3 is 5.11 Å². The van der Waals surface area contributed by atoms with Crippen molar-refractivity contribution in [2.45, 2.75) is 51.9 Å². The molecule has 0 saturated carbocycles. The Bertz CT molecular complexity index is 879. The van der Waals surface area contributed by atoms with Crippen molar-refractivity contribution in [3.8, 4) is 0 Å². The molecule has 1 atom stereocenters. The van der Waals surface area contributed by atoms with E-state index in [9.17, 15) is 13.5 Å². The fourth-order valence-corrected chi connectivity index (χ4v) is 3.82. The SMILES string of the molecule is CC(C)(C)c1cc(CN2CCn3nc(C(O)CS(C)(=O)=O)cc3C2)[nH]n1. The molecule has 0 radical (unpaired) electrons. The van der Waals surface area contributed by atoms with Crippen molar-refractivity contribution in [3.63, 3.8) is 0 Å². The number of nitrogens with zero attached hydrogens (tertiary/aromatic N) is 4. The smallest absolute Gasteiger partial charge is 0.150 e. The lowest BCUT2D eigenvalue weighted by Gasteiger charge is -2.26. The van der Waals surface area contributed by atoms with Crippen LogP contribution < -0.4 is 0 Å². The van der Waals surface area contributed by atoms with Crippen molar-refractivity contribution < 1.29 is 13.5 Å². The molecule has 3 rings (SSSR count). The zero-order chi connectivity index (χ0) is 19.1. The molecule has 9 heteroatoms. The molecular weight excluding hydrogens is 354 g/mol. The van der Waals surface area contributed by atoms with Crippen LogP contribution in [0.4, 0.5) is 0 Å². The number of hydrogen-bond donors (Lipinski definition) is 2. The maximum atomic E-state index is 11.4. The highest BCUT2D eigenvalue weighted by Crippen LogP contribution is 2.23. The monoisotopic (exact) mass is 381 g/mol. The Morgan fingerprint density at radius 1 is 1.31 bits per heavy atom. The van der Waals surface area contributed by atoms with E-state index in [1.807, 2.05) is 4.68 Å². The number of hydrogen-bond acceptors (Lipinski definition) is 6. The van der Waals surface area contributed by atoms with Crippen LogP contribution in [0.1, 0.15) is 49.7 Å². The van der Waals surface area contributed by atoms with Crippen LogP contribution in [0.25, 0.3) is 0 Å². The number of rotatable bonds is 5. The number of aromatic amines is 1. The first-order valence-corrected chi connectivity index (χ1v) is 10.8. The molecule has 0 saturated heterocycles. The predicted molar refractivity (Wildman–Crippen MR) is 98.3 cm³/mol. The van der Waals surface area contributed by atoms with Gasteiger partial charge >= 0.3 is 0 Å². The second-order valence-electron chi connectivity index (χ2n) is 8.13. The Morgan fingerprint density at radius 2 is 2.04 bits per heavy atom. The molecule has 0 spiro atoms. The van der Waals surface area contributed by atoms with Gasteiger partial charge in [0.1, 0.15) is 15.9 Å². The Balaban J connectivity index is 1.67. The predicted octanol–water partition coefficient (Wildman–Crippen LogP) is 0.997. The maximum Gasteiger partial charge on any atom is 0.150 e. The number of aromatic nitrogens is 4. The van der Waals surface area contributed by atoms with Crippen molar-refractivity contribution in [1.29, 1.82) is 0 Å². The number of fused-ring (bicyclic) bond motifs is 1. The molecule has 144 valence electrons. The lowest BCUT2D eigenvalue weighted by Crippen LogP contribution is -2.33. The molecule has 0 aromatic carbocycles. The maximum absolute atomic E-state index is 11.4. The van der Waals surface area contributed by atoms with Crippen molar-refractivity contribution in [1.82, 2.24) is 24.9 Å². The average molecular weight is 382 g/mol. The molecule has 1 aliphatic rings. The lowest BCUT2D eigenvalue weighted by atomic mass is 9.92. The zero-order valence-electron chi connectivity index (χ0n) is 15.7. The van der Waals surface area contributed by atoms with Gasteiger partial charge in [-0.25, -0.2) is 8.42 Å². The Hall–Kier alpha value is -1.71. The second-order valence-corrected chi connectivity index (χ2v) is 10.3. The minimum Gasteiger partial charge on any atom is -0.386 e. The van der Waals surface area contributed by atoms with E-state index < -0.39 is 15.9 Å². The molecule has 8 nitrogen and oxygen atoms in total. The summed E-state index contributed by atoms with van der Waals surface area (Å²) in [7, 11) is -3.25. The second kappa shape index (κ2) is 6.79. The van der Waals surface area contributed by atoms with Crippen LogP contribution in [0.2, 0.25) is 0 Å². The topological polar surface area (TPSA) is 104 Å². The molecule has 2 aromatic heterocycles. The number of H-pyrrole nitrogens is 1. The summed E-state index contributed by atoms with van der Waals surface area (Å²) < 4.78 is 24.6. The van der Waals surface area contributed by atoms with Gasteiger partial charge in [-0.05, 0) is 12.1 Å². The molecule has 3 heterocycles.